The zero-order valence-electron chi connectivity index (χ0n) is 12.5. The molecule has 0 spiro atoms. The van der Waals surface area contributed by atoms with Gasteiger partial charge in [-0.25, -0.2) is 13.9 Å². The molecule has 8 nitrogen and oxygen atoms in total. The summed E-state index contributed by atoms with van der Waals surface area (Å²) in [5.41, 5.74) is 0.654. The lowest BCUT2D eigenvalue weighted by atomic mass is 10.2. The molecule has 0 bridgehead atoms. The van der Waals surface area contributed by atoms with Gasteiger partial charge in [-0.1, -0.05) is 17.3 Å². The molecule has 2 rings (SSSR count). The Morgan fingerprint density at radius 2 is 2.22 bits per heavy atom. The molecule has 0 saturated heterocycles. The smallest absolute Gasteiger partial charge is 0.412 e. The third-order valence-electron chi connectivity index (χ3n) is 2.73. The van der Waals surface area contributed by atoms with Gasteiger partial charge in [0.1, 0.15) is 12.4 Å². The number of carbonyl (C=O) groups excluding carboxylic acids is 2. The van der Waals surface area contributed by atoms with Crippen molar-refractivity contribution in [2.45, 2.75) is 20.0 Å². The van der Waals surface area contributed by atoms with E-state index in [0.717, 1.165) is 0 Å². The lowest BCUT2D eigenvalue weighted by Gasteiger charge is -2.05. The zero-order valence-corrected chi connectivity index (χ0v) is 12.5. The summed E-state index contributed by atoms with van der Waals surface area (Å²) in [7, 11) is 0. The van der Waals surface area contributed by atoms with E-state index in [9.17, 15) is 14.0 Å². The minimum atomic E-state index is -0.643. The van der Waals surface area contributed by atoms with Gasteiger partial charge in [-0.3, -0.25) is 10.1 Å². The Kier molecular flexibility index (Phi) is 5.61. The molecule has 2 amide bonds. The molecule has 0 fully saturated rings. The van der Waals surface area contributed by atoms with Crippen LogP contribution in [0.2, 0.25) is 0 Å². The number of hydrogen-bond acceptors (Lipinski definition) is 5. The average molecular weight is 321 g/mol. The van der Waals surface area contributed by atoms with Crippen molar-refractivity contribution in [3.63, 3.8) is 0 Å². The molecule has 0 radical (unpaired) electrons. The number of carbonyl (C=O) groups is 2. The van der Waals surface area contributed by atoms with Crippen molar-refractivity contribution < 1.29 is 18.7 Å². The van der Waals surface area contributed by atoms with Gasteiger partial charge in [-0.15, -0.1) is 5.10 Å². The number of nitrogens with zero attached hydrogens (tertiary/aromatic N) is 3. The van der Waals surface area contributed by atoms with Crippen molar-refractivity contribution in [1.82, 2.24) is 20.3 Å². The van der Waals surface area contributed by atoms with Crippen LogP contribution in [-0.4, -0.2) is 33.6 Å². The first kappa shape index (κ1) is 16.4. The Bertz CT molecular complexity index is 689. The quantitative estimate of drug-likeness (QED) is 0.836. The van der Waals surface area contributed by atoms with Crippen molar-refractivity contribution >= 4 is 17.8 Å². The molecule has 0 aliphatic rings. The highest BCUT2D eigenvalue weighted by Crippen LogP contribution is 2.03. The van der Waals surface area contributed by atoms with Crippen LogP contribution in [0.4, 0.5) is 15.0 Å². The summed E-state index contributed by atoms with van der Waals surface area (Å²) in [6.07, 6.45) is 0.758. The first-order chi connectivity index (χ1) is 11.1. The molecule has 0 aliphatic carbocycles. The molecule has 1 aromatic carbocycles. The molecular weight excluding hydrogens is 305 g/mol. The summed E-state index contributed by atoms with van der Waals surface area (Å²) in [6, 6.07) is 5.96. The first-order valence-electron chi connectivity index (χ1n) is 6.92. The van der Waals surface area contributed by atoms with Gasteiger partial charge in [0.05, 0.1) is 12.8 Å². The van der Waals surface area contributed by atoms with Crippen LogP contribution in [0.3, 0.4) is 0 Å². The van der Waals surface area contributed by atoms with E-state index >= 15 is 0 Å². The van der Waals surface area contributed by atoms with Crippen LogP contribution >= 0.6 is 0 Å². The van der Waals surface area contributed by atoms with Crippen molar-refractivity contribution in [3.05, 3.63) is 41.8 Å². The molecule has 0 aliphatic heterocycles. The second-order valence-electron chi connectivity index (χ2n) is 4.55. The van der Waals surface area contributed by atoms with Crippen LogP contribution in [0.25, 0.3) is 0 Å². The molecule has 1 aromatic heterocycles. The fraction of sp³-hybridized carbons (Fsp3) is 0.286. The van der Waals surface area contributed by atoms with Gasteiger partial charge in [0.25, 0.3) is 0 Å². The predicted molar refractivity (Wildman–Crippen MR) is 78.9 cm³/mol. The summed E-state index contributed by atoms with van der Waals surface area (Å²) >= 11 is 0. The summed E-state index contributed by atoms with van der Waals surface area (Å²) in [4.78, 5) is 23.0. The second kappa shape index (κ2) is 7.87. The maximum Gasteiger partial charge on any atom is 0.412 e. The van der Waals surface area contributed by atoms with E-state index in [0.29, 0.717) is 5.56 Å². The number of halogens is 1. The van der Waals surface area contributed by atoms with E-state index < -0.39 is 6.09 Å². The largest absolute Gasteiger partial charge is 0.450 e. The van der Waals surface area contributed by atoms with E-state index in [1.54, 1.807) is 19.1 Å². The van der Waals surface area contributed by atoms with Crippen LogP contribution in [0.15, 0.2) is 30.5 Å². The third kappa shape index (κ3) is 5.38. The first-order valence-corrected chi connectivity index (χ1v) is 6.92. The van der Waals surface area contributed by atoms with Crippen LogP contribution in [0.1, 0.15) is 12.5 Å². The summed E-state index contributed by atoms with van der Waals surface area (Å²) in [6.45, 7) is 2.05. The van der Waals surface area contributed by atoms with Gasteiger partial charge < -0.3 is 10.1 Å². The van der Waals surface area contributed by atoms with Crippen LogP contribution in [-0.2, 0) is 22.6 Å². The van der Waals surface area contributed by atoms with Crippen molar-refractivity contribution in [2.75, 3.05) is 11.9 Å². The van der Waals surface area contributed by atoms with Gasteiger partial charge in [0.15, 0.2) is 5.82 Å². The Morgan fingerprint density at radius 3 is 2.96 bits per heavy atom. The van der Waals surface area contributed by atoms with Crippen LogP contribution in [0, 0.1) is 5.82 Å². The molecule has 0 saturated carbocycles. The van der Waals surface area contributed by atoms with E-state index in [4.69, 9.17) is 4.74 Å². The summed E-state index contributed by atoms with van der Waals surface area (Å²) < 4.78 is 19.0. The summed E-state index contributed by atoms with van der Waals surface area (Å²) in [5, 5.41) is 12.4. The van der Waals surface area contributed by atoms with Crippen LogP contribution < -0.4 is 10.6 Å². The minimum Gasteiger partial charge on any atom is -0.450 e. The Labute approximate surface area is 131 Å². The predicted octanol–water partition coefficient (Wildman–Crippen LogP) is 1.30. The minimum absolute atomic E-state index is 0.0766. The Hall–Kier alpha value is -2.97. The van der Waals surface area contributed by atoms with Gasteiger partial charge in [-0.05, 0) is 24.6 Å². The number of amides is 2. The fourth-order valence-corrected chi connectivity index (χ4v) is 1.76. The average Bonchev–Trinajstić information content (AvgIpc) is 2.92. The molecule has 2 N–H and O–H groups in total. The van der Waals surface area contributed by atoms with Crippen LogP contribution in [0.5, 0.6) is 0 Å². The SMILES string of the molecule is CCOC(=O)Nc1cn(CC(=O)NCc2cccc(F)c2)nn1. The molecular formula is C14H16FN5O3. The van der Waals surface area contributed by atoms with Gasteiger partial charge in [0.2, 0.25) is 5.91 Å². The highest BCUT2D eigenvalue weighted by molar-refractivity contribution is 5.83. The standard InChI is InChI=1S/C14H16FN5O3/c1-2-23-14(22)17-12-8-20(19-18-12)9-13(21)16-7-10-4-3-5-11(15)6-10/h3-6,8H,2,7,9H2,1H3,(H,16,21)(H,17,22). The fourth-order valence-electron chi connectivity index (χ4n) is 1.76. The number of benzene rings is 1. The lowest BCUT2D eigenvalue weighted by Crippen LogP contribution is -2.27. The Balaban J connectivity index is 1.81. The van der Waals surface area contributed by atoms with Gasteiger partial charge in [-0.2, -0.15) is 0 Å². The molecule has 0 unspecified atom stereocenters. The highest BCUT2D eigenvalue weighted by Gasteiger charge is 2.09. The van der Waals surface area contributed by atoms with E-state index in [2.05, 4.69) is 20.9 Å². The maximum atomic E-state index is 13.0. The van der Waals surface area contributed by atoms with Gasteiger partial charge >= 0.3 is 6.09 Å². The molecule has 1 heterocycles. The topological polar surface area (TPSA) is 98.1 Å². The van der Waals surface area contributed by atoms with Crippen molar-refractivity contribution in [2.24, 2.45) is 0 Å². The van der Waals surface area contributed by atoms with Crippen molar-refractivity contribution in [3.8, 4) is 0 Å². The Morgan fingerprint density at radius 1 is 1.39 bits per heavy atom. The van der Waals surface area contributed by atoms with Crippen molar-refractivity contribution in [1.29, 1.82) is 0 Å². The maximum absolute atomic E-state index is 13.0. The zero-order chi connectivity index (χ0) is 16.7. The number of rotatable bonds is 6. The summed E-state index contributed by atoms with van der Waals surface area (Å²) in [5.74, 6) is -0.495. The number of ether oxygens (including phenoxy) is 1. The monoisotopic (exact) mass is 321 g/mol. The lowest BCUT2D eigenvalue weighted by molar-refractivity contribution is -0.122. The number of aromatic nitrogens is 3. The number of hydrogen-bond donors (Lipinski definition) is 2. The van der Waals surface area contributed by atoms with E-state index in [-0.39, 0.29) is 37.2 Å². The molecule has 23 heavy (non-hydrogen) atoms. The van der Waals surface area contributed by atoms with E-state index in [1.165, 1.54) is 23.0 Å². The molecule has 2 aromatic rings. The van der Waals surface area contributed by atoms with Gasteiger partial charge in [0, 0.05) is 6.54 Å². The molecule has 0 atom stereocenters. The molecule has 122 valence electrons. The normalized spacial score (nSPS) is 10.2. The second-order valence-corrected chi connectivity index (χ2v) is 4.55. The number of anilines is 1. The third-order valence-corrected chi connectivity index (χ3v) is 2.73. The highest BCUT2D eigenvalue weighted by atomic mass is 19.1. The van der Waals surface area contributed by atoms with E-state index in [1.807, 2.05) is 0 Å². The number of nitrogens with one attached hydrogen (secondary N) is 2. The molecule has 9 heteroatoms.